The average molecular weight is 267 g/mol. The van der Waals surface area contributed by atoms with E-state index in [0.29, 0.717) is 5.56 Å². The van der Waals surface area contributed by atoms with Crippen molar-refractivity contribution in [2.75, 3.05) is 0 Å². The van der Waals surface area contributed by atoms with Gasteiger partial charge in [-0.2, -0.15) is 5.10 Å². The number of carbonyl (C=O) groups excluding carboxylic acids is 1. The van der Waals surface area contributed by atoms with E-state index in [2.05, 4.69) is 10.4 Å². The zero-order valence-electron chi connectivity index (χ0n) is 12.0. The highest BCUT2D eigenvalue weighted by Gasteiger charge is 2.22. The van der Waals surface area contributed by atoms with Crippen molar-refractivity contribution in [3.05, 3.63) is 17.5 Å². The normalized spacial score (nSPS) is 13.1. The van der Waals surface area contributed by atoms with Crippen molar-refractivity contribution in [2.24, 2.45) is 0 Å². The predicted octanol–water partition coefficient (Wildman–Crippen LogP) is 1.54. The fraction of sp³-hybridized carbons (Fsp3) is 0.615. The number of hydrogen-bond acceptors (Lipinski definition) is 3. The van der Waals surface area contributed by atoms with Crippen LogP contribution in [0.3, 0.4) is 0 Å². The first-order chi connectivity index (χ1) is 8.62. The molecule has 0 saturated carbocycles. The molecular weight excluding hydrogens is 246 g/mol. The Morgan fingerprint density at radius 2 is 2.05 bits per heavy atom. The van der Waals surface area contributed by atoms with Crippen LogP contribution >= 0.6 is 0 Å². The van der Waals surface area contributed by atoms with E-state index < -0.39 is 12.0 Å². The van der Waals surface area contributed by atoms with Gasteiger partial charge in [-0.3, -0.25) is 14.3 Å². The maximum atomic E-state index is 12.0. The third-order valence-electron chi connectivity index (χ3n) is 2.75. The molecule has 1 aromatic rings. The van der Waals surface area contributed by atoms with Crippen LogP contribution in [0.1, 0.15) is 50.2 Å². The number of hydrogen-bond donors (Lipinski definition) is 2. The van der Waals surface area contributed by atoms with E-state index in [4.69, 9.17) is 5.11 Å². The second kappa shape index (κ2) is 5.42. The van der Waals surface area contributed by atoms with Crippen LogP contribution in [0.5, 0.6) is 0 Å². The van der Waals surface area contributed by atoms with Crippen molar-refractivity contribution in [3.63, 3.8) is 0 Å². The first-order valence-electron chi connectivity index (χ1n) is 6.20. The van der Waals surface area contributed by atoms with E-state index in [1.54, 1.807) is 11.6 Å². The number of nitrogens with one attached hydrogen (secondary N) is 1. The summed E-state index contributed by atoms with van der Waals surface area (Å²) >= 11 is 0. The molecule has 0 aromatic carbocycles. The summed E-state index contributed by atoms with van der Waals surface area (Å²) in [6, 6.07) is -0.414. The zero-order valence-corrected chi connectivity index (χ0v) is 12.0. The Morgan fingerprint density at radius 3 is 2.47 bits per heavy atom. The molecule has 0 aliphatic rings. The van der Waals surface area contributed by atoms with E-state index >= 15 is 0 Å². The Balaban J connectivity index is 2.84. The van der Waals surface area contributed by atoms with Crippen molar-refractivity contribution in [3.8, 4) is 0 Å². The minimum absolute atomic E-state index is 0.0990. The number of carboxylic acids is 1. The third kappa shape index (κ3) is 3.81. The quantitative estimate of drug-likeness (QED) is 0.866. The lowest BCUT2D eigenvalue weighted by atomic mass is 10.1. The SMILES string of the molecule is Cc1c(C(=O)NC(C)CC(=O)O)cnn1C(C)(C)C. The van der Waals surface area contributed by atoms with Crippen LogP contribution < -0.4 is 5.32 Å². The second-order valence-electron chi connectivity index (χ2n) is 5.70. The molecule has 0 aliphatic carbocycles. The number of nitrogens with zero attached hydrogens (tertiary/aromatic N) is 2. The summed E-state index contributed by atoms with van der Waals surface area (Å²) < 4.78 is 1.78. The number of aliphatic carboxylic acids is 1. The third-order valence-corrected chi connectivity index (χ3v) is 2.75. The molecule has 19 heavy (non-hydrogen) atoms. The largest absolute Gasteiger partial charge is 0.481 e. The Morgan fingerprint density at radius 1 is 1.47 bits per heavy atom. The lowest BCUT2D eigenvalue weighted by Crippen LogP contribution is -2.34. The predicted molar refractivity (Wildman–Crippen MR) is 71.1 cm³/mol. The van der Waals surface area contributed by atoms with Crippen LogP contribution in [0.2, 0.25) is 0 Å². The van der Waals surface area contributed by atoms with Gasteiger partial charge in [0, 0.05) is 11.7 Å². The summed E-state index contributed by atoms with van der Waals surface area (Å²) in [5, 5.41) is 15.5. The molecule has 2 N–H and O–H groups in total. The highest BCUT2D eigenvalue weighted by molar-refractivity contribution is 5.95. The fourth-order valence-electron chi connectivity index (χ4n) is 1.92. The van der Waals surface area contributed by atoms with Crippen molar-refractivity contribution in [1.82, 2.24) is 15.1 Å². The van der Waals surface area contributed by atoms with E-state index in [1.165, 1.54) is 6.20 Å². The lowest BCUT2D eigenvalue weighted by molar-refractivity contribution is -0.137. The zero-order chi connectivity index (χ0) is 14.8. The summed E-state index contributed by atoms with van der Waals surface area (Å²) in [5.74, 6) is -1.23. The first kappa shape index (κ1) is 15.2. The maximum Gasteiger partial charge on any atom is 0.305 e. The van der Waals surface area contributed by atoms with Gasteiger partial charge >= 0.3 is 5.97 Å². The van der Waals surface area contributed by atoms with Crippen LogP contribution in [0.15, 0.2) is 6.20 Å². The smallest absolute Gasteiger partial charge is 0.305 e. The summed E-state index contributed by atoms with van der Waals surface area (Å²) in [6.45, 7) is 9.50. The number of rotatable bonds is 4. The molecule has 6 heteroatoms. The monoisotopic (exact) mass is 267 g/mol. The lowest BCUT2D eigenvalue weighted by Gasteiger charge is -2.21. The molecule has 1 atom stereocenters. The molecule has 0 radical (unpaired) electrons. The van der Waals surface area contributed by atoms with E-state index in [9.17, 15) is 9.59 Å². The van der Waals surface area contributed by atoms with Crippen molar-refractivity contribution >= 4 is 11.9 Å². The number of carbonyl (C=O) groups is 2. The molecule has 6 nitrogen and oxygen atoms in total. The first-order valence-corrected chi connectivity index (χ1v) is 6.20. The van der Waals surface area contributed by atoms with Gasteiger partial charge < -0.3 is 10.4 Å². The molecule has 1 rings (SSSR count). The van der Waals surface area contributed by atoms with Crippen LogP contribution in [0.4, 0.5) is 0 Å². The molecule has 1 aromatic heterocycles. The van der Waals surface area contributed by atoms with Crippen LogP contribution in [-0.2, 0) is 10.3 Å². The summed E-state index contributed by atoms with van der Waals surface area (Å²) in [7, 11) is 0. The summed E-state index contributed by atoms with van der Waals surface area (Å²) in [6.07, 6.45) is 1.42. The Kier molecular flexibility index (Phi) is 4.34. The molecule has 0 fully saturated rings. The van der Waals surface area contributed by atoms with Gasteiger partial charge in [0.15, 0.2) is 0 Å². The maximum absolute atomic E-state index is 12.0. The van der Waals surface area contributed by atoms with Crippen molar-refractivity contribution < 1.29 is 14.7 Å². The van der Waals surface area contributed by atoms with Crippen molar-refractivity contribution in [1.29, 1.82) is 0 Å². The standard InChI is InChI=1S/C13H21N3O3/c1-8(6-11(17)18)15-12(19)10-7-14-16(9(10)2)13(3,4)5/h7-8H,6H2,1-5H3,(H,15,19)(H,17,18). The van der Waals surface area contributed by atoms with Gasteiger partial charge in [-0.25, -0.2) is 0 Å². The van der Waals surface area contributed by atoms with Gasteiger partial charge in [0.2, 0.25) is 0 Å². The van der Waals surface area contributed by atoms with Gasteiger partial charge in [0.25, 0.3) is 5.91 Å². The molecule has 0 saturated heterocycles. The highest BCUT2D eigenvalue weighted by atomic mass is 16.4. The van der Waals surface area contributed by atoms with Gasteiger partial charge in [0.1, 0.15) is 0 Å². The van der Waals surface area contributed by atoms with E-state index in [0.717, 1.165) is 5.69 Å². The minimum atomic E-state index is -0.935. The van der Waals surface area contributed by atoms with Crippen LogP contribution in [-0.4, -0.2) is 32.8 Å². The Labute approximate surface area is 112 Å². The average Bonchev–Trinajstić information content (AvgIpc) is 2.57. The second-order valence-corrected chi connectivity index (χ2v) is 5.70. The fourth-order valence-corrected chi connectivity index (χ4v) is 1.92. The molecular formula is C13H21N3O3. The van der Waals surface area contributed by atoms with Gasteiger partial charge in [-0.15, -0.1) is 0 Å². The topological polar surface area (TPSA) is 84.2 Å². The minimum Gasteiger partial charge on any atom is -0.481 e. The number of carboxylic acid groups (broad SMARTS) is 1. The van der Waals surface area contributed by atoms with Gasteiger partial charge in [-0.1, -0.05) is 0 Å². The van der Waals surface area contributed by atoms with Crippen LogP contribution in [0, 0.1) is 6.92 Å². The van der Waals surface area contributed by atoms with Gasteiger partial charge in [-0.05, 0) is 34.6 Å². The molecule has 1 amide bonds. The summed E-state index contributed by atoms with van der Waals surface area (Å²) in [4.78, 5) is 22.6. The summed E-state index contributed by atoms with van der Waals surface area (Å²) in [5.41, 5.74) is 1.05. The number of amides is 1. The molecule has 106 valence electrons. The number of aromatic nitrogens is 2. The highest BCUT2D eigenvalue weighted by Crippen LogP contribution is 2.18. The molecule has 1 heterocycles. The van der Waals surface area contributed by atoms with Crippen LogP contribution in [0.25, 0.3) is 0 Å². The Bertz CT molecular complexity index is 486. The molecule has 0 aliphatic heterocycles. The molecule has 0 bridgehead atoms. The van der Waals surface area contributed by atoms with E-state index in [-0.39, 0.29) is 17.9 Å². The van der Waals surface area contributed by atoms with Gasteiger partial charge in [0.05, 0.1) is 23.7 Å². The Hall–Kier alpha value is -1.85. The molecule has 1 unspecified atom stereocenters. The van der Waals surface area contributed by atoms with E-state index in [1.807, 2.05) is 27.7 Å². The molecule has 0 spiro atoms. The van der Waals surface area contributed by atoms with Crippen molar-refractivity contribution in [2.45, 2.75) is 52.6 Å².